The predicted octanol–water partition coefficient (Wildman–Crippen LogP) is 2.67. The first kappa shape index (κ1) is 19.5. The van der Waals surface area contributed by atoms with Crippen molar-refractivity contribution in [1.82, 2.24) is 10.2 Å². The molecular weight excluding hydrogens is 294 g/mol. The zero-order valence-corrected chi connectivity index (χ0v) is 14.7. The van der Waals surface area contributed by atoms with Crippen LogP contribution < -0.4 is 5.32 Å². The van der Waals surface area contributed by atoms with Crippen molar-refractivity contribution in [2.45, 2.75) is 71.3 Å². The van der Waals surface area contributed by atoms with Crippen LogP contribution in [0, 0.1) is 11.3 Å². The van der Waals surface area contributed by atoms with Crippen molar-refractivity contribution in [2.75, 3.05) is 13.6 Å². The maximum atomic E-state index is 12.0. The van der Waals surface area contributed by atoms with Crippen molar-refractivity contribution in [3.8, 4) is 0 Å². The molecule has 1 amide bonds. The van der Waals surface area contributed by atoms with Crippen molar-refractivity contribution in [2.24, 2.45) is 5.92 Å². The number of likely N-dealkylation sites (N-methyl/N-ethyl adjacent to an activating group) is 1. The number of amides is 1. The molecule has 1 rings (SSSR count). The molecule has 132 valence electrons. The van der Waals surface area contributed by atoms with Crippen LogP contribution in [0.25, 0.3) is 0 Å². The summed E-state index contributed by atoms with van der Waals surface area (Å²) in [6, 6.07) is 0. The highest BCUT2D eigenvalue weighted by atomic mass is 16.5. The molecule has 0 radical (unpaired) electrons. The molecule has 0 aromatic carbocycles. The van der Waals surface area contributed by atoms with Gasteiger partial charge in [0.2, 0.25) is 5.91 Å². The molecule has 0 bridgehead atoms. The van der Waals surface area contributed by atoms with Crippen LogP contribution in [0.4, 0.5) is 0 Å². The molecule has 1 saturated heterocycles. The number of rotatable bonds is 0. The summed E-state index contributed by atoms with van der Waals surface area (Å²) in [5.41, 5.74) is 0. The Labute approximate surface area is 139 Å². The smallest absolute Gasteiger partial charge is 0.325 e. The van der Waals surface area contributed by atoms with Gasteiger partial charge in [0.15, 0.2) is 5.96 Å². The molecule has 0 spiro atoms. The Morgan fingerprint density at radius 3 is 2.39 bits per heavy atom. The Bertz CT molecular complexity index is 412. The minimum absolute atomic E-state index is 0.0316. The first-order valence-electron chi connectivity index (χ1n) is 8.69. The molecule has 0 aromatic heterocycles. The standard InChI is InChI=1S/C17H31N3O3/c1-13-10-8-6-4-5-7-9-11-15(21)19-17(18)20(3)12-16(22)23-14(13)2/h13-14H,4-12H2,1-3H3,(H2,18,19,21)/t13-,14+/m1/s1. The Balaban J connectivity index is 2.60. The number of nitrogens with one attached hydrogen (secondary N) is 2. The zero-order chi connectivity index (χ0) is 17.2. The van der Waals surface area contributed by atoms with E-state index in [9.17, 15) is 9.59 Å². The molecule has 1 aliphatic rings. The lowest BCUT2D eigenvalue weighted by Crippen LogP contribution is -2.44. The summed E-state index contributed by atoms with van der Waals surface area (Å²) >= 11 is 0. The molecule has 1 aliphatic heterocycles. The van der Waals surface area contributed by atoms with E-state index in [-0.39, 0.29) is 30.5 Å². The Morgan fingerprint density at radius 1 is 1.09 bits per heavy atom. The van der Waals surface area contributed by atoms with Crippen LogP contribution in [-0.4, -0.2) is 42.4 Å². The second-order valence-corrected chi connectivity index (χ2v) is 6.59. The number of esters is 1. The number of guanidine groups is 1. The zero-order valence-electron chi connectivity index (χ0n) is 14.7. The maximum Gasteiger partial charge on any atom is 0.325 e. The summed E-state index contributed by atoms with van der Waals surface area (Å²) in [6.07, 6.45) is 7.90. The van der Waals surface area contributed by atoms with Crippen LogP contribution >= 0.6 is 0 Å². The molecule has 2 atom stereocenters. The fourth-order valence-corrected chi connectivity index (χ4v) is 2.62. The van der Waals surface area contributed by atoms with Gasteiger partial charge in [-0.1, -0.05) is 39.0 Å². The van der Waals surface area contributed by atoms with Crippen LogP contribution in [-0.2, 0) is 14.3 Å². The fraction of sp³-hybridized carbons (Fsp3) is 0.824. The van der Waals surface area contributed by atoms with E-state index in [0.717, 1.165) is 32.1 Å². The highest BCUT2D eigenvalue weighted by Crippen LogP contribution is 2.17. The number of hydrogen-bond donors (Lipinski definition) is 2. The largest absolute Gasteiger partial charge is 0.461 e. The number of ether oxygens (including phenoxy) is 1. The van der Waals surface area contributed by atoms with Gasteiger partial charge in [0.1, 0.15) is 12.6 Å². The monoisotopic (exact) mass is 325 g/mol. The summed E-state index contributed by atoms with van der Waals surface area (Å²) in [7, 11) is 1.60. The second kappa shape index (κ2) is 10.2. The second-order valence-electron chi connectivity index (χ2n) is 6.59. The van der Waals surface area contributed by atoms with Gasteiger partial charge in [-0.2, -0.15) is 0 Å². The van der Waals surface area contributed by atoms with Gasteiger partial charge >= 0.3 is 5.97 Å². The third kappa shape index (κ3) is 8.00. The van der Waals surface area contributed by atoms with Crippen LogP contribution in [0.3, 0.4) is 0 Å². The van der Waals surface area contributed by atoms with Gasteiger partial charge in [0, 0.05) is 13.5 Å². The topological polar surface area (TPSA) is 82.5 Å². The summed E-state index contributed by atoms with van der Waals surface area (Å²) in [5.74, 6) is -0.257. The lowest BCUT2D eigenvalue weighted by Gasteiger charge is -2.23. The molecule has 23 heavy (non-hydrogen) atoms. The average Bonchev–Trinajstić information content (AvgIpc) is 2.48. The molecule has 0 saturated carbocycles. The molecule has 6 heteroatoms. The van der Waals surface area contributed by atoms with Crippen molar-refractivity contribution in [3.63, 3.8) is 0 Å². The highest BCUT2D eigenvalue weighted by Gasteiger charge is 2.19. The number of nitrogens with zero attached hydrogens (tertiary/aromatic N) is 1. The van der Waals surface area contributed by atoms with Crippen molar-refractivity contribution < 1.29 is 14.3 Å². The first-order valence-corrected chi connectivity index (χ1v) is 8.69. The van der Waals surface area contributed by atoms with E-state index in [0.29, 0.717) is 12.3 Å². The number of carbonyl (C=O) groups excluding carboxylic acids is 2. The molecule has 0 aromatic rings. The van der Waals surface area contributed by atoms with Gasteiger partial charge in [-0.25, -0.2) is 0 Å². The quantitative estimate of drug-likeness (QED) is 0.671. The molecule has 2 N–H and O–H groups in total. The Kier molecular flexibility index (Phi) is 8.66. The molecule has 0 unspecified atom stereocenters. The number of hydrogen-bond acceptors (Lipinski definition) is 4. The SMILES string of the molecule is C[C@@H]1CCCCCCCCC(=O)NC(=N)N(C)CC(=O)O[C@H]1C. The van der Waals surface area contributed by atoms with Crippen molar-refractivity contribution in [3.05, 3.63) is 0 Å². The maximum absolute atomic E-state index is 12.0. The van der Waals surface area contributed by atoms with Gasteiger partial charge < -0.3 is 9.64 Å². The minimum Gasteiger partial charge on any atom is -0.461 e. The van der Waals surface area contributed by atoms with E-state index in [4.69, 9.17) is 10.1 Å². The lowest BCUT2D eigenvalue weighted by atomic mass is 9.97. The van der Waals surface area contributed by atoms with E-state index in [1.54, 1.807) is 7.05 Å². The molecule has 6 nitrogen and oxygen atoms in total. The molecule has 0 aliphatic carbocycles. The van der Waals surface area contributed by atoms with E-state index >= 15 is 0 Å². The molecule has 1 fully saturated rings. The lowest BCUT2D eigenvalue weighted by molar-refractivity contribution is -0.150. The summed E-state index contributed by atoms with van der Waals surface area (Å²) in [6.45, 7) is 4.00. The summed E-state index contributed by atoms with van der Waals surface area (Å²) in [4.78, 5) is 25.1. The summed E-state index contributed by atoms with van der Waals surface area (Å²) < 4.78 is 5.44. The Morgan fingerprint density at radius 2 is 1.70 bits per heavy atom. The summed E-state index contributed by atoms with van der Waals surface area (Å²) in [5, 5.41) is 10.4. The van der Waals surface area contributed by atoms with Gasteiger partial charge in [-0.3, -0.25) is 20.3 Å². The third-order valence-electron chi connectivity index (χ3n) is 4.44. The van der Waals surface area contributed by atoms with Gasteiger partial charge in [0.05, 0.1) is 0 Å². The molecular formula is C17H31N3O3. The van der Waals surface area contributed by atoms with E-state index < -0.39 is 0 Å². The van der Waals surface area contributed by atoms with Crippen LogP contribution in [0.2, 0.25) is 0 Å². The fourth-order valence-electron chi connectivity index (χ4n) is 2.62. The number of carbonyl (C=O) groups is 2. The van der Waals surface area contributed by atoms with Crippen molar-refractivity contribution in [1.29, 1.82) is 5.41 Å². The first-order chi connectivity index (χ1) is 10.9. The van der Waals surface area contributed by atoms with Crippen LogP contribution in [0.1, 0.15) is 65.2 Å². The predicted molar refractivity (Wildman–Crippen MR) is 90.2 cm³/mol. The average molecular weight is 325 g/mol. The Hall–Kier alpha value is -1.59. The van der Waals surface area contributed by atoms with E-state index in [1.807, 2.05) is 6.92 Å². The van der Waals surface area contributed by atoms with E-state index in [2.05, 4.69) is 12.2 Å². The number of cyclic esters (lactones) is 1. The normalized spacial score (nSPS) is 27.1. The van der Waals surface area contributed by atoms with Crippen molar-refractivity contribution >= 4 is 17.8 Å². The minimum atomic E-state index is -0.366. The third-order valence-corrected chi connectivity index (χ3v) is 4.44. The van der Waals surface area contributed by atoms with Gasteiger partial charge in [-0.15, -0.1) is 0 Å². The van der Waals surface area contributed by atoms with Gasteiger partial charge in [0.25, 0.3) is 0 Å². The van der Waals surface area contributed by atoms with Crippen LogP contribution in [0.5, 0.6) is 0 Å². The molecule has 1 heterocycles. The van der Waals surface area contributed by atoms with Gasteiger partial charge in [-0.05, 0) is 25.7 Å². The van der Waals surface area contributed by atoms with E-state index in [1.165, 1.54) is 17.7 Å². The van der Waals surface area contributed by atoms with Crippen LogP contribution in [0.15, 0.2) is 0 Å². The highest BCUT2D eigenvalue weighted by molar-refractivity contribution is 5.96.